The topological polar surface area (TPSA) is 315 Å². The smallest absolute Gasteiger partial charge is 0.316 e. The Bertz CT molecular complexity index is 3390. The second kappa shape index (κ2) is 32.2. The molecule has 0 heterocycles. The van der Waals surface area contributed by atoms with Gasteiger partial charge in [0.15, 0.2) is 0 Å². The number of ketones is 2. The van der Waals surface area contributed by atoms with Gasteiger partial charge in [-0.15, -0.1) is 0 Å². The van der Waals surface area contributed by atoms with E-state index >= 15 is 0 Å². The van der Waals surface area contributed by atoms with E-state index in [9.17, 15) is 60.6 Å². The maximum absolute atomic E-state index is 11.9. The van der Waals surface area contributed by atoms with E-state index in [-0.39, 0.29) is 106 Å². The number of esters is 3. The number of hydrogen-bond acceptors (Lipinski definition) is 18. The summed E-state index contributed by atoms with van der Waals surface area (Å²) in [4.78, 5) is 79.5. The van der Waals surface area contributed by atoms with Crippen LogP contribution in [-0.4, -0.2) is 139 Å². The van der Waals surface area contributed by atoms with Crippen molar-refractivity contribution >= 4 is 61.6 Å². The number of fused-ring (bicyclic) bond motifs is 6. The Morgan fingerprint density at radius 2 is 0.726 bits per heavy atom. The molecule has 0 amide bonds. The monoisotopic (exact) mass is 1530 g/mol. The van der Waals surface area contributed by atoms with E-state index in [1.54, 1.807) is 0 Å². The van der Waals surface area contributed by atoms with E-state index < -0.39 is 48.9 Å². The second-order valence-corrected chi connectivity index (χ2v) is 41.1. The Hall–Kier alpha value is -4.61. The number of allylic oxidation sites excluding steroid dienone is 8. The first-order valence-electron chi connectivity index (χ1n) is 39.3. The molecule has 4 N–H and O–H groups in total. The predicted octanol–water partition coefficient (Wildman–Crippen LogP) is 15.8. The molecule has 106 heavy (non-hydrogen) atoms. The molecule has 17 atom stereocenters. The lowest BCUT2D eigenvalue weighted by molar-refractivity contribution is -0.197. The van der Waals surface area contributed by atoms with Crippen molar-refractivity contribution in [1.29, 1.82) is 0 Å². The molecule has 602 valence electrons. The molecule has 0 radical (unpaired) electrons. The lowest BCUT2D eigenvalue weighted by Gasteiger charge is -2.60. The molecule has 14 aliphatic carbocycles. The number of carboxylic acid groups (broad SMARTS) is 2. The van der Waals surface area contributed by atoms with Crippen LogP contribution >= 0.6 is 0 Å². The van der Waals surface area contributed by atoms with Crippen LogP contribution in [0.15, 0.2) is 48.6 Å². The van der Waals surface area contributed by atoms with Crippen LogP contribution in [0.1, 0.15) is 282 Å². The third-order valence-corrected chi connectivity index (χ3v) is 34.1. The number of carbonyl (C=O) groups is 7. The summed E-state index contributed by atoms with van der Waals surface area (Å²) in [6.45, 7) is 27.5. The van der Waals surface area contributed by atoms with Crippen molar-refractivity contribution in [1.82, 2.24) is 0 Å². The van der Waals surface area contributed by atoms with Crippen molar-refractivity contribution < 1.29 is 93.4 Å². The highest BCUT2D eigenvalue weighted by Crippen LogP contribution is 2.70. The van der Waals surface area contributed by atoms with Crippen LogP contribution in [0.5, 0.6) is 0 Å². The molecule has 0 saturated heterocycles. The van der Waals surface area contributed by atoms with Gasteiger partial charge in [-0.05, 0) is 208 Å². The van der Waals surface area contributed by atoms with E-state index in [0.29, 0.717) is 83.2 Å². The van der Waals surface area contributed by atoms with E-state index in [1.807, 2.05) is 45.1 Å². The van der Waals surface area contributed by atoms with Crippen molar-refractivity contribution in [2.75, 3.05) is 60.3 Å². The molecule has 20 nitrogen and oxygen atoms in total. The molecule has 14 rings (SSSR count). The van der Waals surface area contributed by atoms with Crippen LogP contribution in [0.25, 0.3) is 0 Å². The quantitative estimate of drug-likeness (QED) is 0.0346. The first-order valence-corrected chi connectivity index (χ1v) is 42.9. The Balaban J connectivity index is 0.000000171. The Morgan fingerprint density at radius 1 is 0.406 bits per heavy atom. The summed E-state index contributed by atoms with van der Waals surface area (Å²) in [5.74, 6) is -2.55. The Morgan fingerprint density at radius 3 is 0.943 bits per heavy atom. The molecule has 0 aromatic rings. The molecule has 0 aromatic carbocycles. The fourth-order valence-electron chi connectivity index (χ4n) is 21.2. The minimum absolute atomic E-state index is 0.0243. The van der Waals surface area contributed by atoms with Crippen molar-refractivity contribution in [3.8, 4) is 0 Å². The van der Waals surface area contributed by atoms with Crippen LogP contribution in [0, 0.1) is 92.6 Å². The van der Waals surface area contributed by atoms with Crippen LogP contribution < -0.4 is 0 Å². The number of ether oxygens (including phenoxy) is 3. The number of Topliss-reactive ketones (excluding diaryl/α,β-unsaturated/α-hetero) is 2. The molecule has 10 saturated carbocycles. The number of carbonyl (C=O) groups excluding carboxylic acids is 5. The number of aliphatic hydroxyl groups excluding tert-OH is 2. The van der Waals surface area contributed by atoms with E-state index in [2.05, 4.69) is 86.6 Å². The zero-order valence-electron chi connectivity index (χ0n) is 67.6. The summed E-state index contributed by atoms with van der Waals surface area (Å²) in [5.41, 5.74) is 0.682. The standard InChI is InChI=1S/C12H20O6S2.C12H16O4.C11H16O3.C10H16O4.C10H16O2.C10H16.C10H20.C9H14O/c1-19(13,14)17-9-11-5-3-4-6-12(11,8-7-11)10-18-20(2,15)16;1-15-9(13)11-5-3-4-6-12(11,8-7-11)10(14)16-2;1-10-4-5-11(10,2)8(7(12)6-10)9(13)14-3;1-9(5-7(11)12)3-4-10(9,2)6-8(13)14;11-7-9-3-1-2-4-10(9,8-12)6-5-9;1-9-5-3-4-6-10(9,2)8-7-9;1-5-9(3)7-8-10(9,4)6-2;1-8-3-4-9(8,2)6-7(10)5-8/h3-4H,5-10H2,1-2H3;3-4H,5-8H2,1-2H3;8H,4-6H2,1-3H3;3-6H2,1-2H3,(H,11,12)(H,13,14);1-2,11-12H,3-8H2;3-4H,5-8H2,1-2H3;5-8H2,1-4H3;3-6H2,1-2H3/t2*11-,12+;8?,10-,11+;4*9-,10+;8-,9+/m..0...../s1. The highest BCUT2D eigenvalue weighted by Gasteiger charge is 2.70. The normalized spacial score (nSPS) is 41.9. The fourth-order valence-corrected chi connectivity index (χ4v) is 22.1. The van der Waals surface area contributed by atoms with E-state index in [4.69, 9.17) is 32.8 Å². The van der Waals surface area contributed by atoms with Gasteiger partial charge in [0.1, 0.15) is 17.5 Å². The summed E-state index contributed by atoms with van der Waals surface area (Å²) in [6, 6.07) is 0. The summed E-state index contributed by atoms with van der Waals surface area (Å²) in [7, 11) is -2.91. The summed E-state index contributed by atoms with van der Waals surface area (Å²) < 4.78 is 69.2. The SMILES string of the molecule is CC[C@@]1(C)CC[C@@]1(C)CC.COC(=O)C1C(=O)C[C@]2(C)CC[C@]12C.COC(=O)[C@@]12CC=CC[C@]1(C(=O)OC)CC2.CS(=O)(=O)OC[C@@]12CC=CC[C@]1(COS(C)(=O)=O)CC2.C[C@@]1(CC(=O)O)CC[C@]1(C)CC(=O)O.C[C@@]12CC=CC[C@]1(C)CC2.C[C@@]12CC[C@]1(C)CC(=O)C2.OC[C@@]12CC=CC[C@]1(CO)CC2. The second-order valence-electron chi connectivity index (χ2n) is 37.8. The molecule has 0 aliphatic heterocycles. The summed E-state index contributed by atoms with van der Waals surface area (Å²) in [6.07, 6.45) is 48.4. The molecule has 22 heteroatoms. The Kier molecular flexibility index (Phi) is 26.9. The molecular weight excluding hydrogens is 1390 g/mol. The van der Waals surface area contributed by atoms with Gasteiger partial charge in [0.05, 0.1) is 70.7 Å². The maximum Gasteiger partial charge on any atom is 0.316 e. The lowest BCUT2D eigenvalue weighted by atomic mass is 9.45. The average Bonchev–Trinajstić information content (AvgIpc) is 1.08. The molecule has 0 spiro atoms. The number of aliphatic hydroxyl groups is 2. The average molecular weight is 1530 g/mol. The number of hydrogen-bond donors (Lipinski definition) is 4. The molecular formula is C84H134O20S2. The van der Waals surface area contributed by atoms with Gasteiger partial charge < -0.3 is 34.6 Å². The summed E-state index contributed by atoms with van der Waals surface area (Å²) in [5, 5.41) is 36.1. The zero-order valence-corrected chi connectivity index (χ0v) is 69.2. The molecule has 10 fully saturated rings. The Labute approximate surface area is 635 Å². The number of methoxy groups -OCH3 is 3. The first-order chi connectivity index (χ1) is 49.0. The van der Waals surface area contributed by atoms with Crippen molar-refractivity contribution in [3.63, 3.8) is 0 Å². The van der Waals surface area contributed by atoms with Crippen LogP contribution in [0.4, 0.5) is 0 Å². The number of carboxylic acids is 2. The largest absolute Gasteiger partial charge is 0.481 e. The van der Waals surface area contributed by atoms with Crippen LogP contribution in [0.3, 0.4) is 0 Å². The van der Waals surface area contributed by atoms with Gasteiger partial charge >= 0.3 is 29.8 Å². The molecule has 14 aliphatic rings. The highest BCUT2D eigenvalue weighted by atomic mass is 32.2. The van der Waals surface area contributed by atoms with Gasteiger partial charge in [0.25, 0.3) is 20.2 Å². The molecule has 0 aromatic heterocycles. The lowest BCUT2D eigenvalue weighted by Crippen LogP contribution is -2.61. The third kappa shape index (κ3) is 16.4. The van der Waals surface area contributed by atoms with Crippen molar-refractivity contribution in [2.45, 2.75) is 282 Å². The van der Waals surface area contributed by atoms with Crippen LogP contribution in [0.2, 0.25) is 0 Å². The molecule has 0 bridgehead atoms. The number of aliphatic carboxylic acids is 2. The zero-order chi connectivity index (χ0) is 79.6. The van der Waals surface area contributed by atoms with Gasteiger partial charge in [-0.3, -0.25) is 41.9 Å². The van der Waals surface area contributed by atoms with Gasteiger partial charge in [0, 0.05) is 54.1 Å². The van der Waals surface area contributed by atoms with Crippen molar-refractivity contribution in [3.05, 3.63) is 48.6 Å². The van der Waals surface area contributed by atoms with Gasteiger partial charge in [-0.25, -0.2) is 0 Å². The van der Waals surface area contributed by atoms with Gasteiger partial charge in [0.2, 0.25) is 0 Å². The van der Waals surface area contributed by atoms with Gasteiger partial charge in [-0.2, -0.15) is 16.8 Å². The first kappa shape index (κ1) is 88.6. The predicted molar refractivity (Wildman–Crippen MR) is 407 cm³/mol. The number of rotatable bonds is 17. The highest BCUT2D eigenvalue weighted by molar-refractivity contribution is 7.86. The van der Waals surface area contributed by atoms with E-state index in [0.717, 1.165) is 89.6 Å². The third-order valence-electron chi connectivity index (χ3n) is 33.0. The maximum atomic E-state index is 11.9. The van der Waals surface area contributed by atoms with E-state index in [1.165, 1.54) is 85.5 Å². The van der Waals surface area contributed by atoms with Gasteiger partial charge in [-0.1, -0.05) is 145 Å². The molecule has 1 unspecified atom stereocenters. The minimum atomic E-state index is -3.50. The van der Waals surface area contributed by atoms with Crippen molar-refractivity contribution in [2.24, 2.45) is 92.6 Å². The summed E-state index contributed by atoms with van der Waals surface area (Å²) >= 11 is 0. The minimum Gasteiger partial charge on any atom is -0.481 e. The van der Waals surface area contributed by atoms with Crippen LogP contribution in [-0.2, 0) is 76.4 Å². The fraction of sp³-hybridized carbons (Fsp3) is 0.821.